The Balaban J connectivity index is 1.63. The van der Waals surface area contributed by atoms with Gasteiger partial charge in [-0.25, -0.2) is 0 Å². The van der Waals surface area contributed by atoms with Gasteiger partial charge in [0.1, 0.15) is 0 Å². The number of ether oxygens (including phenoxy) is 4. The van der Waals surface area contributed by atoms with Crippen LogP contribution in [0.25, 0.3) is 32.6 Å². The van der Waals surface area contributed by atoms with Gasteiger partial charge in [-0.15, -0.1) is 0 Å². The topological polar surface area (TPSA) is 93.3 Å². The Hall–Kier alpha value is -3.82. The molecule has 186 valence electrons. The van der Waals surface area contributed by atoms with Crippen LogP contribution in [0.4, 0.5) is 0 Å². The Morgan fingerprint density at radius 1 is 0.861 bits per heavy atom. The summed E-state index contributed by atoms with van der Waals surface area (Å²) in [6, 6.07) is 9.54. The van der Waals surface area contributed by atoms with Crippen molar-refractivity contribution in [2.75, 3.05) is 60.7 Å². The highest BCUT2D eigenvalue weighted by atomic mass is 16.5. The number of benzene rings is 3. The van der Waals surface area contributed by atoms with E-state index in [1.54, 1.807) is 20.3 Å². The first-order valence-electron chi connectivity index (χ1n) is 11.9. The van der Waals surface area contributed by atoms with Crippen LogP contribution in [0.2, 0.25) is 0 Å². The van der Waals surface area contributed by atoms with E-state index in [9.17, 15) is 9.59 Å². The summed E-state index contributed by atoms with van der Waals surface area (Å²) in [5.74, 6) is 0.696. The molecule has 0 radical (unpaired) electrons. The van der Waals surface area contributed by atoms with Crippen molar-refractivity contribution >= 4 is 44.4 Å². The predicted octanol–water partition coefficient (Wildman–Crippen LogP) is 3.43. The molecule has 1 saturated heterocycles. The second kappa shape index (κ2) is 8.69. The van der Waals surface area contributed by atoms with Crippen molar-refractivity contribution < 1.29 is 28.5 Å². The number of aromatic nitrogens is 1. The molecule has 4 aromatic rings. The summed E-state index contributed by atoms with van der Waals surface area (Å²) < 4.78 is 22.5. The summed E-state index contributed by atoms with van der Waals surface area (Å²) in [6.45, 7) is 3.79. The average molecular weight is 490 g/mol. The van der Waals surface area contributed by atoms with E-state index in [0.29, 0.717) is 70.8 Å². The molecule has 2 amide bonds. The van der Waals surface area contributed by atoms with Gasteiger partial charge in [0.05, 0.1) is 56.6 Å². The van der Waals surface area contributed by atoms with Crippen molar-refractivity contribution in [2.45, 2.75) is 0 Å². The number of carbonyl (C=O) groups excluding carboxylic acids is 2. The number of imide groups is 1. The van der Waals surface area contributed by atoms with E-state index in [0.717, 1.165) is 29.5 Å². The quantitative estimate of drug-likeness (QED) is 0.415. The number of amides is 2. The van der Waals surface area contributed by atoms with Crippen LogP contribution in [-0.4, -0.2) is 87.3 Å². The van der Waals surface area contributed by atoms with Crippen molar-refractivity contribution in [1.29, 1.82) is 0 Å². The Labute approximate surface area is 207 Å². The SMILES string of the molecule is COc1cc2c3c(c4c5ccccc5[nH]c4c2c(OC)c1OC)C(=O)N(CCN1CCOCC1)C3=O. The van der Waals surface area contributed by atoms with E-state index >= 15 is 0 Å². The van der Waals surface area contributed by atoms with Crippen molar-refractivity contribution in [3.8, 4) is 17.2 Å². The molecule has 0 aliphatic carbocycles. The normalized spacial score (nSPS) is 16.4. The van der Waals surface area contributed by atoms with E-state index in [2.05, 4.69) is 9.88 Å². The number of morpholine rings is 1. The van der Waals surface area contributed by atoms with Gasteiger partial charge in [0.25, 0.3) is 11.8 Å². The zero-order valence-corrected chi connectivity index (χ0v) is 20.5. The van der Waals surface area contributed by atoms with Gasteiger partial charge in [0.2, 0.25) is 5.75 Å². The Bertz CT molecular complexity index is 1540. The molecule has 2 aliphatic heterocycles. The summed E-state index contributed by atoms with van der Waals surface area (Å²) >= 11 is 0. The van der Waals surface area contributed by atoms with Gasteiger partial charge in [0, 0.05) is 47.9 Å². The van der Waals surface area contributed by atoms with Gasteiger partial charge in [-0.3, -0.25) is 19.4 Å². The van der Waals surface area contributed by atoms with Gasteiger partial charge in [0.15, 0.2) is 11.5 Å². The van der Waals surface area contributed by atoms with E-state index in [-0.39, 0.29) is 11.8 Å². The molecular weight excluding hydrogens is 462 g/mol. The number of hydrogen-bond donors (Lipinski definition) is 1. The average Bonchev–Trinajstić information content (AvgIpc) is 3.41. The first kappa shape index (κ1) is 22.6. The maximum absolute atomic E-state index is 13.9. The number of H-pyrrole nitrogens is 1. The third-order valence-corrected chi connectivity index (χ3v) is 7.22. The predicted molar refractivity (Wildman–Crippen MR) is 136 cm³/mol. The molecular formula is C27H27N3O6. The zero-order valence-electron chi connectivity index (χ0n) is 20.5. The largest absolute Gasteiger partial charge is 0.493 e. The molecule has 3 heterocycles. The molecule has 0 bridgehead atoms. The van der Waals surface area contributed by atoms with E-state index in [1.807, 2.05) is 24.3 Å². The fourth-order valence-electron chi connectivity index (χ4n) is 5.52. The van der Waals surface area contributed by atoms with Crippen LogP contribution in [0.3, 0.4) is 0 Å². The summed E-state index contributed by atoms with van der Waals surface area (Å²) in [5.41, 5.74) is 2.37. The fraction of sp³-hybridized carbons (Fsp3) is 0.333. The van der Waals surface area contributed by atoms with Crippen LogP contribution in [0.1, 0.15) is 20.7 Å². The van der Waals surface area contributed by atoms with Gasteiger partial charge in [-0.05, 0) is 12.1 Å². The standard InChI is InChI=1S/C27H27N3O6/c1-33-18-14-16-20-22(27(32)30(26(20)31)9-8-29-10-12-36-13-11-29)19-15-6-4-5-7-17(15)28-23(19)21(16)25(35-3)24(18)34-2/h4-7,14,28H,8-13H2,1-3H3. The highest BCUT2D eigenvalue weighted by molar-refractivity contribution is 6.37. The van der Waals surface area contributed by atoms with Crippen molar-refractivity contribution in [2.24, 2.45) is 0 Å². The molecule has 3 aromatic carbocycles. The monoisotopic (exact) mass is 489 g/mol. The first-order chi connectivity index (χ1) is 17.6. The summed E-state index contributed by atoms with van der Waals surface area (Å²) in [7, 11) is 4.64. The highest BCUT2D eigenvalue weighted by Crippen LogP contribution is 2.50. The molecule has 1 N–H and O–H groups in total. The number of nitrogens with zero attached hydrogens (tertiary/aromatic N) is 2. The Morgan fingerprint density at radius 3 is 2.31 bits per heavy atom. The summed E-state index contributed by atoms with van der Waals surface area (Å²) in [5, 5.41) is 2.85. The highest BCUT2D eigenvalue weighted by Gasteiger charge is 2.41. The molecule has 0 atom stereocenters. The third kappa shape index (κ3) is 3.16. The van der Waals surface area contributed by atoms with E-state index in [1.165, 1.54) is 12.0 Å². The Kier molecular flexibility index (Phi) is 5.46. The van der Waals surface area contributed by atoms with Crippen LogP contribution in [0, 0.1) is 0 Å². The van der Waals surface area contributed by atoms with Crippen molar-refractivity contribution in [3.05, 3.63) is 41.5 Å². The molecule has 9 nitrogen and oxygen atoms in total. The van der Waals surface area contributed by atoms with E-state index in [4.69, 9.17) is 18.9 Å². The van der Waals surface area contributed by atoms with Crippen LogP contribution < -0.4 is 14.2 Å². The minimum Gasteiger partial charge on any atom is -0.493 e. The molecule has 0 unspecified atom stereocenters. The van der Waals surface area contributed by atoms with Crippen LogP contribution in [0.5, 0.6) is 17.2 Å². The second-order valence-corrected chi connectivity index (χ2v) is 8.95. The number of rotatable bonds is 6. The van der Waals surface area contributed by atoms with Gasteiger partial charge in [-0.1, -0.05) is 18.2 Å². The Morgan fingerprint density at radius 2 is 1.58 bits per heavy atom. The molecule has 0 spiro atoms. The lowest BCUT2D eigenvalue weighted by atomic mass is 9.94. The molecule has 1 aromatic heterocycles. The molecule has 1 fully saturated rings. The van der Waals surface area contributed by atoms with Crippen LogP contribution >= 0.6 is 0 Å². The lowest BCUT2D eigenvalue weighted by Crippen LogP contribution is -2.42. The minimum absolute atomic E-state index is 0.284. The van der Waals surface area contributed by atoms with Crippen LogP contribution in [0.15, 0.2) is 30.3 Å². The number of aromatic amines is 1. The van der Waals surface area contributed by atoms with E-state index < -0.39 is 0 Å². The third-order valence-electron chi connectivity index (χ3n) is 7.22. The second-order valence-electron chi connectivity index (χ2n) is 8.95. The molecule has 36 heavy (non-hydrogen) atoms. The maximum atomic E-state index is 13.9. The number of carbonyl (C=O) groups is 2. The van der Waals surface area contributed by atoms with Crippen LogP contribution in [-0.2, 0) is 4.74 Å². The summed E-state index contributed by atoms with van der Waals surface area (Å²) in [4.78, 5) is 34.8. The van der Waals surface area contributed by atoms with Gasteiger partial charge >= 0.3 is 0 Å². The summed E-state index contributed by atoms with van der Waals surface area (Å²) in [6.07, 6.45) is 0. The number of fused-ring (bicyclic) bond motifs is 8. The fourth-order valence-corrected chi connectivity index (χ4v) is 5.52. The zero-order chi connectivity index (χ0) is 25.0. The van der Waals surface area contributed by atoms with Crippen molar-refractivity contribution in [1.82, 2.24) is 14.8 Å². The van der Waals surface area contributed by atoms with Gasteiger partial charge < -0.3 is 23.9 Å². The smallest absolute Gasteiger partial charge is 0.262 e. The maximum Gasteiger partial charge on any atom is 0.262 e. The van der Waals surface area contributed by atoms with Crippen molar-refractivity contribution in [3.63, 3.8) is 0 Å². The first-order valence-corrected chi connectivity index (χ1v) is 11.9. The lowest BCUT2D eigenvalue weighted by molar-refractivity contribution is 0.0325. The molecule has 6 rings (SSSR count). The minimum atomic E-state index is -0.310. The molecule has 2 aliphatic rings. The molecule has 9 heteroatoms. The molecule has 0 saturated carbocycles. The lowest BCUT2D eigenvalue weighted by Gasteiger charge is -2.27. The number of para-hydroxylation sites is 1. The van der Waals surface area contributed by atoms with Gasteiger partial charge in [-0.2, -0.15) is 0 Å². The number of methoxy groups -OCH3 is 3. The number of hydrogen-bond acceptors (Lipinski definition) is 7. The number of nitrogens with one attached hydrogen (secondary N) is 1.